The van der Waals surface area contributed by atoms with Crippen molar-refractivity contribution in [2.24, 2.45) is 0 Å². The predicted octanol–water partition coefficient (Wildman–Crippen LogP) is 5.74. The van der Waals surface area contributed by atoms with Crippen LogP contribution >= 0.6 is 0 Å². The van der Waals surface area contributed by atoms with Crippen LogP contribution in [0.3, 0.4) is 0 Å². The minimum atomic E-state index is -4.49. The highest BCUT2D eigenvalue weighted by molar-refractivity contribution is 5.94. The molecular formula is C28H26F3N7O2. The van der Waals surface area contributed by atoms with Gasteiger partial charge >= 0.3 is 12.1 Å². The lowest BCUT2D eigenvalue weighted by molar-refractivity contribution is -0.141. The van der Waals surface area contributed by atoms with E-state index in [0.717, 1.165) is 17.2 Å². The Kier molecular flexibility index (Phi) is 7.06. The molecule has 0 spiro atoms. The highest BCUT2D eigenvalue weighted by Gasteiger charge is 2.34. The van der Waals surface area contributed by atoms with Crippen LogP contribution in [0.4, 0.5) is 24.7 Å². The minimum absolute atomic E-state index is 0.146. The van der Waals surface area contributed by atoms with Gasteiger partial charge in [-0.3, -0.25) is 4.68 Å². The van der Waals surface area contributed by atoms with E-state index in [1.165, 1.54) is 16.9 Å². The number of halogens is 3. The summed E-state index contributed by atoms with van der Waals surface area (Å²) in [6.07, 6.45) is -2.10. The number of aromatic nitrogens is 4. The molecule has 1 atom stereocenters. The van der Waals surface area contributed by atoms with E-state index in [-0.39, 0.29) is 23.3 Å². The first-order valence-corrected chi connectivity index (χ1v) is 12.7. The van der Waals surface area contributed by atoms with Crippen molar-refractivity contribution in [2.45, 2.75) is 44.9 Å². The van der Waals surface area contributed by atoms with Crippen LogP contribution in [0.1, 0.15) is 64.7 Å². The largest absolute Gasteiger partial charge is 0.478 e. The molecule has 1 fully saturated rings. The number of carboxylic acids is 1. The quantitative estimate of drug-likeness (QED) is 0.313. The number of alkyl halides is 3. The fourth-order valence-corrected chi connectivity index (χ4v) is 5.09. The van der Waals surface area contributed by atoms with E-state index in [1.54, 1.807) is 18.2 Å². The highest BCUT2D eigenvalue weighted by Crippen LogP contribution is 2.33. The zero-order valence-corrected chi connectivity index (χ0v) is 21.8. The molecular weight excluding hydrogens is 523 g/mol. The van der Waals surface area contributed by atoms with Crippen molar-refractivity contribution in [3.8, 4) is 6.07 Å². The number of carbonyl (C=O) groups is 1. The van der Waals surface area contributed by atoms with E-state index in [9.17, 15) is 28.3 Å². The topological polar surface area (TPSA) is 120 Å². The maximum atomic E-state index is 13.0. The van der Waals surface area contributed by atoms with Gasteiger partial charge in [-0.05, 0) is 56.5 Å². The molecule has 0 aliphatic carbocycles. The number of aromatic carboxylic acids is 1. The van der Waals surface area contributed by atoms with Crippen LogP contribution in [0.5, 0.6) is 0 Å². The van der Waals surface area contributed by atoms with Gasteiger partial charge in [0.05, 0.1) is 28.7 Å². The number of benzene rings is 2. The van der Waals surface area contributed by atoms with Crippen LogP contribution < -0.4 is 10.2 Å². The first-order chi connectivity index (χ1) is 19.0. The Morgan fingerprint density at radius 2 is 1.90 bits per heavy atom. The van der Waals surface area contributed by atoms with Gasteiger partial charge in [0.15, 0.2) is 17.2 Å². The number of piperidine rings is 1. The van der Waals surface area contributed by atoms with E-state index < -0.39 is 17.8 Å². The van der Waals surface area contributed by atoms with Crippen LogP contribution in [0.15, 0.2) is 48.7 Å². The first kappa shape index (κ1) is 26.9. The van der Waals surface area contributed by atoms with Crippen molar-refractivity contribution in [1.82, 2.24) is 19.7 Å². The lowest BCUT2D eigenvalue weighted by Gasteiger charge is -2.33. The second-order valence-corrected chi connectivity index (χ2v) is 9.84. The molecule has 0 bridgehead atoms. The Morgan fingerprint density at radius 1 is 1.18 bits per heavy atom. The lowest BCUT2D eigenvalue weighted by Crippen LogP contribution is -2.36. The Bertz CT molecular complexity index is 1620. The summed E-state index contributed by atoms with van der Waals surface area (Å²) in [6.45, 7) is 4.73. The van der Waals surface area contributed by atoms with E-state index in [1.807, 2.05) is 30.9 Å². The molecule has 2 aromatic carbocycles. The number of para-hydroxylation sites is 1. The molecule has 2 aromatic heterocycles. The standard InChI is InChI=1S/C28H26F3N7O2/c1-16-13-20(17(2)33-21-6-4-3-5-19(21)27(39)40)25-22(14-16)34-23(15-32)26(35-25)37-10-7-18(8-11-37)38-12-9-24(36-38)28(29,30)31/h3-6,9,12-14,17-18,33H,7-8,10-11H2,1-2H3,(H,39,40)/t17-/m1/s1. The average Bonchev–Trinajstić information content (AvgIpc) is 3.43. The van der Waals surface area contributed by atoms with Gasteiger partial charge in [-0.15, -0.1) is 0 Å². The van der Waals surface area contributed by atoms with Crippen molar-refractivity contribution in [2.75, 3.05) is 23.3 Å². The van der Waals surface area contributed by atoms with E-state index in [0.29, 0.717) is 48.5 Å². The maximum absolute atomic E-state index is 13.0. The SMILES string of the molecule is Cc1cc([C@@H](C)Nc2ccccc2C(=O)O)c2nc(N3CCC(n4ccc(C(F)(F)F)n4)CC3)c(C#N)nc2c1. The summed E-state index contributed by atoms with van der Waals surface area (Å²) in [4.78, 5) is 23.1. The number of carboxylic acid groups (broad SMARTS) is 1. The molecule has 3 heterocycles. The Balaban J connectivity index is 1.44. The summed E-state index contributed by atoms with van der Waals surface area (Å²) >= 11 is 0. The van der Waals surface area contributed by atoms with Gasteiger partial charge in [0.25, 0.3) is 0 Å². The molecule has 0 saturated carbocycles. The van der Waals surface area contributed by atoms with Gasteiger partial charge in [-0.25, -0.2) is 14.8 Å². The van der Waals surface area contributed by atoms with Crippen LogP contribution in [0, 0.1) is 18.3 Å². The average molecular weight is 550 g/mol. The van der Waals surface area contributed by atoms with E-state index >= 15 is 0 Å². The number of nitrogens with one attached hydrogen (secondary N) is 1. The smallest absolute Gasteiger partial charge is 0.435 e. The van der Waals surface area contributed by atoms with E-state index in [4.69, 9.17) is 4.98 Å². The molecule has 9 nitrogen and oxygen atoms in total. The first-order valence-electron chi connectivity index (χ1n) is 12.7. The number of hydrogen-bond donors (Lipinski definition) is 2. The third kappa shape index (κ3) is 5.27. The molecule has 12 heteroatoms. The minimum Gasteiger partial charge on any atom is -0.478 e. The summed E-state index contributed by atoms with van der Waals surface area (Å²) in [6, 6.07) is 13.0. The summed E-state index contributed by atoms with van der Waals surface area (Å²) < 4.78 is 40.3. The predicted molar refractivity (Wildman–Crippen MR) is 142 cm³/mol. The van der Waals surface area contributed by atoms with Crippen molar-refractivity contribution >= 4 is 28.5 Å². The monoisotopic (exact) mass is 549 g/mol. The van der Waals surface area contributed by atoms with Crippen molar-refractivity contribution in [3.63, 3.8) is 0 Å². The van der Waals surface area contributed by atoms with Crippen molar-refractivity contribution in [3.05, 3.63) is 76.7 Å². The van der Waals surface area contributed by atoms with Crippen molar-refractivity contribution in [1.29, 1.82) is 5.26 Å². The molecule has 5 rings (SSSR count). The second kappa shape index (κ2) is 10.5. The number of anilines is 2. The fraction of sp³-hybridized carbons (Fsp3) is 0.321. The fourth-order valence-electron chi connectivity index (χ4n) is 5.09. The number of rotatable bonds is 6. The van der Waals surface area contributed by atoms with E-state index in [2.05, 4.69) is 21.5 Å². The van der Waals surface area contributed by atoms with Crippen molar-refractivity contribution < 1.29 is 23.1 Å². The molecule has 206 valence electrons. The molecule has 0 radical (unpaired) electrons. The van der Waals surface area contributed by atoms with Gasteiger partial charge < -0.3 is 15.3 Å². The Hall–Kier alpha value is -4.66. The summed E-state index contributed by atoms with van der Waals surface area (Å²) in [5.41, 5.74) is 2.68. The molecule has 1 aliphatic rings. The third-order valence-corrected chi connectivity index (χ3v) is 7.06. The number of aryl methyl sites for hydroxylation is 1. The summed E-state index contributed by atoms with van der Waals surface area (Å²) in [5.74, 6) is -0.633. The molecule has 0 amide bonds. The van der Waals surface area contributed by atoms with Crippen LogP contribution in [0.2, 0.25) is 0 Å². The van der Waals surface area contributed by atoms with Gasteiger partial charge in [0, 0.05) is 30.5 Å². The molecule has 0 unspecified atom stereocenters. The Labute approximate surface area is 227 Å². The number of nitriles is 1. The zero-order chi connectivity index (χ0) is 28.6. The maximum Gasteiger partial charge on any atom is 0.435 e. The van der Waals surface area contributed by atoms with Crippen LogP contribution in [0.25, 0.3) is 11.0 Å². The van der Waals surface area contributed by atoms with Gasteiger partial charge in [0.2, 0.25) is 0 Å². The molecule has 2 N–H and O–H groups in total. The van der Waals surface area contributed by atoms with Gasteiger partial charge in [-0.1, -0.05) is 18.2 Å². The van der Waals surface area contributed by atoms with Crippen LogP contribution in [-0.2, 0) is 6.18 Å². The van der Waals surface area contributed by atoms with Gasteiger partial charge in [-0.2, -0.15) is 23.5 Å². The molecule has 1 aliphatic heterocycles. The van der Waals surface area contributed by atoms with Crippen LogP contribution in [-0.4, -0.2) is 43.9 Å². The second-order valence-electron chi connectivity index (χ2n) is 9.84. The summed E-state index contributed by atoms with van der Waals surface area (Å²) in [5, 5.41) is 26.4. The van der Waals surface area contributed by atoms with Gasteiger partial charge in [0.1, 0.15) is 6.07 Å². The zero-order valence-electron chi connectivity index (χ0n) is 21.8. The number of fused-ring (bicyclic) bond motifs is 1. The number of hydrogen-bond acceptors (Lipinski definition) is 7. The normalized spacial score (nSPS) is 15.2. The third-order valence-electron chi connectivity index (χ3n) is 7.06. The molecule has 40 heavy (non-hydrogen) atoms. The highest BCUT2D eigenvalue weighted by atomic mass is 19.4. The molecule has 4 aromatic rings. The lowest BCUT2D eigenvalue weighted by atomic mass is 10.0. The Morgan fingerprint density at radius 3 is 2.55 bits per heavy atom. The summed E-state index contributed by atoms with van der Waals surface area (Å²) in [7, 11) is 0. The molecule has 1 saturated heterocycles. The number of nitrogens with zero attached hydrogens (tertiary/aromatic N) is 6.